The summed E-state index contributed by atoms with van der Waals surface area (Å²) in [6.45, 7) is 3.86. The first-order chi connectivity index (χ1) is 15.0. The second kappa shape index (κ2) is 7.32. The van der Waals surface area contributed by atoms with Crippen molar-refractivity contribution in [2.45, 2.75) is 19.9 Å². The lowest BCUT2D eigenvalue weighted by Crippen LogP contribution is -2.31. The Kier molecular flexibility index (Phi) is 4.47. The van der Waals surface area contributed by atoms with Crippen molar-refractivity contribution in [2.75, 3.05) is 10.6 Å². The first kappa shape index (κ1) is 18.9. The van der Waals surface area contributed by atoms with Gasteiger partial charge in [0.2, 0.25) is 5.95 Å². The zero-order valence-electron chi connectivity index (χ0n) is 17.3. The molecule has 3 aromatic carbocycles. The molecular weight excluding hydrogens is 388 g/mol. The zero-order valence-corrected chi connectivity index (χ0v) is 17.3. The van der Waals surface area contributed by atoms with Crippen molar-refractivity contribution in [1.82, 2.24) is 9.55 Å². The Hall–Kier alpha value is -4.06. The lowest BCUT2D eigenvalue weighted by molar-refractivity contribution is -0.113. The van der Waals surface area contributed by atoms with Gasteiger partial charge in [0.1, 0.15) is 5.75 Å². The first-order valence-electron chi connectivity index (χ1n) is 10.1. The van der Waals surface area contributed by atoms with Crippen LogP contribution in [0.4, 0.5) is 11.6 Å². The van der Waals surface area contributed by atoms with Gasteiger partial charge in [0.25, 0.3) is 5.91 Å². The summed E-state index contributed by atoms with van der Waals surface area (Å²) in [4.78, 5) is 18.3. The number of phenols is 1. The van der Waals surface area contributed by atoms with Crippen LogP contribution >= 0.6 is 0 Å². The largest absolute Gasteiger partial charge is 0.508 e. The number of allylic oxidation sites excluding steroid dienone is 1. The number of aromatic nitrogens is 2. The fourth-order valence-electron chi connectivity index (χ4n) is 4.13. The number of aryl methyl sites for hydroxylation is 1. The lowest BCUT2D eigenvalue weighted by atomic mass is 9.94. The van der Waals surface area contributed by atoms with E-state index in [1.165, 1.54) is 0 Å². The highest BCUT2D eigenvalue weighted by Gasteiger charge is 2.34. The molecule has 6 nitrogen and oxygen atoms in total. The van der Waals surface area contributed by atoms with Crippen LogP contribution in [0.25, 0.3) is 11.0 Å². The minimum atomic E-state index is -0.395. The number of anilines is 2. The van der Waals surface area contributed by atoms with Gasteiger partial charge in [-0.2, -0.15) is 0 Å². The van der Waals surface area contributed by atoms with Crippen molar-refractivity contribution < 1.29 is 9.90 Å². The van der Waals surface area contributed by atoms with E-state index < -0.39 is 6.04 Å². The Morgan fingerprint density at radius 3 is 2.48 bits per heavy atom. The van der Waals surface area contributed by atoms with Gasteiger partial charge in [-0.25, -0.2) is 4.98 Å². The van der Waals surface area contributed by atoms with Crippen molar-refractivity contribution in [3.63, 3.8) is 0 Å². The molecule has 0 saturated heterocycles. The summed E-state index contributed by atoms with van der Waals surface area (Å²) in [5, 5.41) is 16.2. The van der Waals surface area contributed by atoms with Crippen LogP contribution in [0.15, 0.2) is 84.1 Å². The van der Waals surface area contributed by atoms with Crippen LogP contribution < -0.4 is 10.6 Å². The van der Waals surface area contributed by atoms with Gasteiger partial charge in [0.05, 0.1) is 22.6 Å². The number of hydrogen-bond donors (Lipinski definition) is 3. The highest BCUT2D eigenvalue weighted by Crippen LogP contribution is 2.39. The van der Waals surface area contributed by atoms with Crippen LogP contribution in [0.3, 0.4) is 0 Å². The minimum Gasteiger partial charge on any atom is -0.508 e. The van der Waals surface area contributed by atoms with Crippen LogP contribution in [-0.2, 0) is 4.79 Å². The third-order valence-electron chi connectivity index (χ3n) is 5.68. The Labute approximate surface area is 179 Å². The smallest absolute Gasteiger partial charge is 0.255 e. The second-order valence-electron chi connectivity index (χ2n) is 7.72. The van der Waals surface area contributed by atoms with Crippen LogP contribution in [0.2, 0.25) is 0 Å². The van der Waals surface area contributed by atoms with E-state index in [1.807, 2.05) is 79.1 Å². The van der Waals surface area contributed by atoms with Gasteiger partial charge in [0, 0.05) is 11.4 Å². The summed E-state index contributed by atoms with van der Waals surface area (Å²) >= 11 is 0. The van der Waals surface area contributed by atoms with Gasteiger partial charge in [-0.3, -0.25) is 9.36 Å². The molecule has 5 rings (SSSR count). The van der Waals surface area contributed by atoms with Crippen LogP contribution in [0.1, 0.15) is 24.1 Å². The van der Waals surface area contributed by atoms with Crippen LogP contribution in [0.5, 0.6) is 5.75 Å². The molecule has 154 valence electrons. The monoisotopic (exact) mass is 410 g/mol. The van der Waals surface area contributed by atoms with Gasteiger partial charge in [-0.05, 0) is 55.3 Å². The van der Waals surface area contributed by atoms with Crippen LogP contribution in [0, 0.1) is 6.92 Å². The molecule has 0 bridgehead atoms. The van der Waals surface area contributed by atoms with Crippen molar-refractivity contribution in [1.29, 1.82) is 0 Å². The molecule has 1 amide bonds. The van der Waals surface area contributed by atoms with Crippen molar-refractivity contribution >= 4 is 28.6 Å². The molecule has 6 heteroatoms. The number of nitrogens with one attached hydrogen (secondary N) is 2. The van der Waals surface area contributed by atoms with E-state index in [0.717, 1.165) is 33.5 Å². The van der Waals surface area contributed by atoms with Crippen molar-refractivity contribution in [2.24, 2.45) is 0 Å². The molecule has 0 spiro atoms. The third-order valence-corrected chi connectivity index (χ3v) is 5.68. The molecule has 1 aliphatic rings. The lowest BCUT2D eigenvalue weighted by Gasteiger charge is -2.31. The van der Waals surface area contributed by atoms with Gasteiger partial charge >= 0.3 is 0 Å². The van der Waals surface area contributed by atoms with Gasteiger partial charge in [0.15, 0.2) is 0 Å². The number of aromatic hydroxyl groups is 1. The molecule has 0 aliphatic carbocycles. The van der Waals surface area contributed by atoms with Gasteiger partial charge in [-0.1, -0.05) is 42.5 Å². The van der Waals surface area contributed by atoms with Crippen LogP contribution in [-0.4, -0.2) is 20.6 Å². The summed E-state index contributed by atoms with van der Waals surface area (Å²) < 4.78 is 2.04. The van der Waals surface area contributed by atoms with E-state index in [9.17, 15) is 9.90 Å². The molecule has 3 N–H and O–H groups in total. The highest BCUT2D eigenvalue weighted by atomic mass is 16.3. The number of hydrogen-bond acceptors (Lipinski definition) is 4. The molecule has 1 unspecified atom stereocenters. The normalized spacial score (nSPS) is 15.5. The number of carbonyl (C=O) groups excluding carboxylic acids is 1. The number of carbonyl (C=O) groups is 1. The van der Waals surface area contributed by atoms with Gasteiger partial charge < -0.3 is 15.7 Å². The van der Waals surface area contributed by atoms with E-state index in [-0.39, 0.29) is 11.7 Å². The fourth-order valence-corrected chi connectivity index (χ4v) is 4.13. The summed E-state index contributed by atoms with van der Waals surface area (Å²) in [6, 6.07) is 22.2. The molecule has 1 atom stereocenters. The molecule has 2 heterocycles. The quantitative estimate of drug-likeness (QED) is 0.445. The first-order valence-corrected chi connectivity index (χ1v) is 10.1. The predicted octanol–water partition coefficient (Wildman–Crippen LogP) is 4.98. The van der Waals surface area contributed by atoms with Crippen molar-refractivity contribution in [3.05, 3.63) is 95.2 Å². The number of benzene rings is 3. The fraction of sp³-hybridized carbons (Fsp3) is 0.120. The predicted molar refractivity (Wildman–Crippen MR) is 122 cm³/mol. The average Bonchev–Trinajstić information content (AvgIpc) is 3.13. The Morgan fingerprint density at radius 2 is 1.71 bits per heavy atom. The number of para-hydroxylation sites is 3. The molecule has 4 aromatic rings. The average molecular weight is 410 g/mol. The molecule has 0 radical (unpaired) electrons. The maximum Gasteiger partial charge on any atom is 0.255 e. The van der Waals surface area contributed by atoms with E-state index in [1.54, 1.807) is 12.1 Å². The zero-order chi connectivity index (χ0) is 21.5. The summed E-state index contributed by atoms with van der Waals surface area (Å²) in [5.41, 5.74) is 5.78. The standard InChI is InChI=1S/C25H22N4O2/c1-15-7-3-4-8-19(15)27-24(31)22-16(2)26-25-28-20-9-5-6-10-21(20)29(25)23(22)17-11-13-18(30)14-12-17/h3-14,23,30H,1-2H3,(H,26,28)(H,27,31). The van der Waals surface area contributed by atoms with Crippen molar-refractivity contribution in [3.8, 4) is 5.75 Å². The maximum absolute atomic E-state index is 13.6. The van der Waals surface area contributed by atoms with E-state index >= 15 is 0 Å². The summed E-state index contributed by atoms with van der Waals surface area (Å²) in [6.07, 6.45) is 0. The number of fused-ring (bicyclic) bond motifs is 3. The molecule has 0 saturated carbocycles. The Balaban J connectivity index is 1.67. The van der Waals surface area contributed by atoms with Gasteiger partial charge in [-0.15, -0.1) is 0 Å². The molecule has 1 aromatic heterocycles. The topological polar surface area (TPSA) is 79.2 Å². The minimum absolute atomic E-state index is 0.180. The molecule has 0 fully saturated rings. The number of nitrogens with zero attached hydrogens (tertiary/aromatic N) is 2. The molecular formula is C25H22N4O2. The molecule has 31 heavy (non-hydrogen) atoms. The number of imidazole rings is 1. The SMILES string of the molecule is CC1=C(C(=O)Nc2ccccc2C)C(c2ccc(O)cc2)n2c(nc3ccccc32)N1. The Bertz CT molecular complexity index is 1340. The van der Waals surface area contributed by atoms with E-state index in [4.69, 9.17) is 4.98 Å². The molecule has 1 aliphatic heterocycles. The maximum atomic E-state index is 13.6. The number of amides is 1. The van der Waals surface area contributed by atoms with E-state index in [0.29, 0.717) is 11.5 Å². The third kappa shape index (κ3) is 3.22. The number of phenolic OH excluding ortho intramolecular Hbond substituents is 1. The highest BCUT2D eigenvalue weighted by molar-refractivity contribution is 6.06. The summed E-state index contributed by atoms with van der Waals surface area (Å²) in [5.74, 6) is 0.685. The Morgan fingerprint density at radius 1 is 1.00 bits per heavy atom. The second-order valence-corrected chi connectivity index (χ2v) is 7.72. The van der Waals surface area contributed by atoms with E-state index in [2.05, 4.69) is 10.6 Å². The summed E-state index contributed by atoms with van der Waals surface area (Å²) in [7, 11) is 0. The number of rotatable bonds is 3.